The topological polar surface area (TPSA) is 71.0 Å². The van der Waals surface area contributed by atoms with Crippen molar-refractivity contribution in [1.29, 1.82) is 0 Å². The molecule has 640 valence electrons. The summed E-state index contributed by atoms with van der Waals surface area (Å²) in [4.78, 5) is 3.38. The number of aromatic amines is 1. The second-order valence-corrected chi connectivity index (χ2v) is 42.0. The number of hydrogen-bond acceptors (Lipinski definition) is 8. The molecule has 0 bridgehead atoms. The molecule has 0 spiro atoms. The van der Waals surface area contributed by atoms with Crippen LogP contribution in [0.1, 0.15) is 0 Å². The van der Waals surface area contributed by atoms with E-state index in [1.807, 2.05) is 87.0 Å². The fourth-order valence-electron chi connectivity index (χ4n) is 19.9. The zero-order valence-corrected chi connectivity index (χ0v) is 80.2. The number of nitrogens with zero attached hydrogens (tertiary/aromatic N) is 3. The Labute approximate surface area is 815 Å². The van der Waals surface area contributed by atoms with Crippen LogP contribution in [0.15, 0.2) is 446 Å². The van der Waals surface area contributed by atoms with Crippen LogP contribution in [0.2, 0.25) is 0 Å². The number of thiophene rings is 6. The Bertz CT molecular complexity index is 9610. The van der Waals surface area contributed by atoms with Crippen LogP contribution in [0.5, 0.6) is 0 Å². The van der Waals surface area contributed by atoms with Crippen LogP contribution in [0.3, 0.4) is 0 Å². The Balaban J connectivity index is 0.0000000906. The summed E-state index contributed by atoms with van der Waals surface area (Å²) >= 11 is 18.0. The molecule has 135 heavy (non-hydrogen) atoms. The van der Waals surface area contributed by atoms with Gasteiger partial charge < -0.3 is 28.7 Å². The molecule has 0 saturated carbocycles. The highest BCUT2D eigenvalue weighted by atomic mass is 79.9. The van der Waals surface area contributed by atoms with E-state index in [2.05, 4.69) is 457 Å². The van der Waals surface area contributed by atoms with Crippen LogP contribution < -0.4 is 5.46 Å². The molecule has 10 heterocycles. The smallest absolute Gasteiger partial charge is 0.423 e. The van der Waals surface area contributed by atoms with Crippen LogP contribution in [0.25, 0.3) is 236 Å². The molecule has 0 atom stereocenters. The van der Waals surface area contributed by atoms with Gasteiger partial charge in [0.1, 0.15) is 0 Å². The van der Waals surface area contributed by atoms with Gasteiger partial charge in [0.25, 0.3) is 0 Å². The number of hydrogen-bond donors (Lipinski definition) is 3. The third-order valence-electron chi connectivity index (χ3n) is 25.9. The second-order valence-electron chi connectivity index (χ2n) is 33.7. The van der Waals surface area contributed by atoms with Gasteiger partial charge in [0.15, 0.2) is 0 Å². The molecule has 0 saturated heterocycles. The Morgan fingerprint density at radius 1 is 0.200 bits per heavy atom. The Morgan fingerprint density at radius 3 is 0.837 bits per heavy atom. The molecule has 3 N–H and O–H groups in total. The first kappa shape index (κ1) is 82.7. The van der Waals surface area contributed by atoms with Crippen LogP contribution in [0, 0.1) is 0 Å². The fraction of sp³-hybridized carbons (Fsp3) is 0. The van der Waals surface area contributed by atoms with Crippen molar-refractivity contribution in [3.63, 3.8) is 0 Å². The van der Waals surface area contributed by atoms with E-state index in [-0.39, 0.29) is 0 Å². The van der Waals surface area contributed by atoms with E-state index in [9.17, 15) is 10.0 Å². The van der Waals surface area contributed by atoms with Gasteiger partial charge in [-0.05, 0) is 181 Å². The molecule has 0 aliphatic rings. The van der Waals surface area contributed by atoms with Gasteiger partial charge in [0, 0.05) is 212 Å². The molecule has 0 aliphatic heterocycles. The van der Waals surface area contributed by atoms with E-state index in [1.165, 1.54) is 200 Å². The summed E-state index contributed by atoms with van der Waals surface area (Å²) in [6, 6.07) is 156. The average Bonchev–Trinajstić information content (AvgIpc) is 1.59. The Hall–Kier alpha value is -14.1. The SMILES string of the molecule is Brc1ccc2sc3ccccc3c2c1.Brc1ccc2sc3ccccc3c2c1.OB(O)c1cc(-n2c3ccccc3c3ccccc32)cc2c1sc1ccccc12.c1ccc2c(c1)[nH]c1ccccc12.c1ccc2c(c1)sc1ccc(-c3cc(-n4c5ccccc5c5ccccc54)cc4c3sc3ccccc34)cc12.c1ccc2c(c1)sc1ccc(-n3c4ccccc4c4ccccc43)cc12. The zero-order valence-electron chi connectivity index (χ0n) is 72.1. The first-order chi connectivity index (χ1) is 66.6. The maximum Gasteiger partial charge on any atom is 0.489 e. The van der Waals surface area contributed by atoms with E-state index in [0.717, 1.165) is 45.8 Å². The molecule has 30 rings (SSSR count). The summed E-state index contributed by atoms with van der Waals surface area (Å²) in [7, 11) is -1.53. The van der Waals surface area contributed by atoms with Crippen molar-refractivity contribution in [1.82, 2.24) is 18.7 Å². The number of nitrogens with one attached hydrogen (secondary N) is 1. The maximum absolute atomic E-state index is 10.1. The lowest BCUT2D eigenvalue weighted by atomic mass is 9.79. The first-order valence-electron chi connectivity index (χ1n) is 44.7. The van der Waals surface area contributed by atoms with Crippen molar-refractivity contribution in [2.45, 2.75) is 0 Å². The highest BCUT2D eigenvalue weighted by Crippen LogP contribution is 2.48. The van der Waals surface area contributed by atoms with Gasteiger partial charge in [-0.25, -0.2) is 0 Å². The molecule has 0 unspecified atom stereocenters. The third kappa shape index (κ3) is 14.8. The van der Waals surface area contributed by atoms with Crippen LogP contribution in [-0.2, 0) is 0 Å². The number of rotatable bonds is 5. The minimum Gasteiger partial charge on any atom is -0.423 e. The maximum atomic E-state index is 10.1. The van der Waals surface area contributed by atoms with E-state index in [1.54, 1.807) is 11.3 Å². The number of H-pyrrole nitrogens is 1. The molecule has 0 radical (unpaired) electrons. The minimum atomic E-state index is -1.53. The summed E-state index contributed by atoms with van der Waals surface area (Å²) in [5.74, 6) is 0. The van der Waals surface area contributed by atoms with Crippen molar-refractivity contribution < 1.29 is 10.0 Å². The molecule has 15 heteroatoms. The van der Waals surface area contributed by atoms with Crippen molar-refractivity contribution >= 4 is 321 Å². The highest BCUT2D eigenvalue weighted by Gasteiger charge is 2.24. The normalized spacial score (nSPS) is 11.7. The van der Waals surface area contributed by atoms with Crippen molar-refractivity contribution in [2.75, 3.05) is 0 Å². The third-order valence-corrected chi connectivity index (χ3v) is 33.9. The molecule has 0 fully saturated rings. The molecule has 20 aromatic carbocycles. The molecule has 0 amide bonds. The largest absolute Gasteiger partial charge is 0.489 e. The Morgan fingerprint density at radius 2 is 0.459 bits per heavy atom. The summed E-state index contributed by atoms with van der Waals surface area (Å²) in [6.45, 7) is 0. The molecular formula is C120H75BBr2N4O2S6. The predicted octanol–water partition coefficient (Wildman–Crippen LogP) is 36.1. The first-order valence-corrected chi connectivity index (χ1v) is 51.2. The van der Waals surface area contributed by atoms with Gasteiger partial charge in [-0.1, -0.05) is 293 Å². The minimum absolute atomic E-state index is 0.542. The molecular weight excluding hydrogens is 1890 g/mol. The number of halogens is 2. The number of fused-ring (bicyclic) bond motifs is 30. The zero-order chi connectivity index (χ0) is 89.9. The lowest BCUT2D eigenvalue weighted by molar-refractivity contribution is 0.426. The van der Waals surface area contributed by atoms with Crippen LogP contribution in [0.4, 0.5) is 0 Å². The summed E-state index contributed by atoms with van der Waals surface area (Å²) in [6.07, 6.45) is 0. The van der Waals surface area contributed by atoms with Gasteiger partial charge >= 0.3 is 7.12 Å². The number of para-hydroxylation sites is 8. The van der Waals surface area contributed by atoms with Gasteiger partial charge in [-0.15, -0.1) is 68.0 Å². The number of aromatic nitrogens is 4. The van der Waals surface area contributed by atoms with Gasteiger partial charge in [-0.2, -0.15) is 0 Å². The lowest BCUT2D eigenvalue weighted by Crippen LogP contribution is -2.30. The number of benzene rings is 20. The Kier molecular flexibility index (Phi) is 21.3. The predicted molar refractivity (Wildman–Crippen MR) is 599 cm³/mol. The van der Waals surface area contributed by atoms with Crippen molar-refractivity contribution in [3.05, 3.63) is 446 Å². The van der Waals surface area contributed by atoms with E-state index < -0.39 is 7.12 Å². The standard InChI is InChI=1S/C36H21NS2.C24H16BNO2S.C24H15NS.2C12H7BrS.C12H9N/c1-5-13-31-24(9-1)25-10-2-6-14-32(25)37(31)23-20-28(36-30(21-23)27-12-4-8-16-34(27)39-36)22-17-18-35-29(19-22)26-11-3-7-15-33(26)38-35;27-25(28)20-14-15(13-19-18-9-3-6-12-23(18)29-24(19)20)26-21-10-4-1-7-16(21)17-8-2-5-11-22(17)26;1-4-10-21-17(7-1)18-8-2-5-11-22(18)25(21)16-13-14-24-20(15-16)19-9-3-6-12-23(19)26-24;2*13-8-5-6-12-10(7-8)9-3-1-2-4-11(9)14-12;1-3-7-11-9(5-1)10-6-2-4-8-12(10)13-11/h1-21H;1-14,27-28H;1-15H;2*1-7H;1-8,13H. The van der Waals surface area contributed by atoms with E-state index in [4.69, 9.17) is 0 Å². The average molecular weight is 1970 g/mol. The van der Waals surface area contributed by atoms with E-state index >= 15 is 0 Å². The van der Waals surface area contributed by atoms with Gasteiger partial charge in [-0.3, -0.25) is 0 Å². The molecule has 0 aliphatic carbocycles. The summed E-state index contributed by atoms with van der Waals surface area (Å²) in [5, 5.41) is 46.0. The van der Waals surface area contributed by atoms with Crippen LogP contribution >= 0.6 is 99.9 Å². The van der Waals surface area contributed by atoms with Gasteiger partial charge in [0.2, 0.25) is 0 Å². The van der Waals surface area contributed by atoms with Crippen molar-refractivity contribution in [3.8, 4) is 28.2 Å². The lowest BCUT2D eigenvalue weighted by Gasteiger charge is -2.12. The molecule has 6 nitrogen and oxygen atoms in total. The van der Waals surface area contributed by atoms with Gasteiger partial charge in [0.05, 0.1) is 33.1 Å². The second kappa shape index (κ2) is 34.7. The molecule has 30 aromatic rings. The fourth-order valence-corrected chi connectivity index (χ4v) is 27.4. The van der Waals surface area contributed by atoms with Crippen molar-refractivity contribution in [2.24, 2.45) is 0 Å². The van der Waals surface area contributed by atoms with E-state index in [0.29, 0.717) is 5.46 Å². The quantitative estimate of drug-likeness (QED) is 0.150. The summed E-state index contributed by atoms with van der Waals surface area (Å²) in [5.41, 5.74) is 16.1. The van der Waals surface area contributed by atoms with Crippen LogP contribution in [-0.4, -0.2) is 35.9 Å². The monoisotopic (exact) mass is 1960 g/mol. The highest BCUT2D eigenvalue weighted by molar-refractivity contribution is 9.10. The molecule has 10 aromatic heterocycles. The summed E-state index contributed by atoms with van der Waals surface area (Å²) < 4.78 is 24.9.